The van der Waals surface area contributed by atoms with E-state index >= 15 is 0 Å². The van der Waals surface area contributed by atoms with Gasteiger partial charge in [-0.15, -0.1) is 5.10 Å². The lowest BCUT2D eigenvalue weighted by atomic mass is 10.2. The van der Waals surface area contributed by atoms with Crippen molar-refractivity contribution in [3.8, 4) is 11.4 Å². The monoisotopic (exact) mass is 318 g/mol. The highest BCUT2D eigenvalue weighted by molar-refractivity contribution is 9.10. The van der Waals surface area contributed by atoms with Crippen LogP contribution in [0.25, 0.3) is 17.0 Å². The van der Waals surface area contributed by atoms with Gasteiger partial charge in [-0.2, -0.15) is 0 Å². The lowest BCUT2D eigenvalue weighted by Gasteiger charge is -1.96. The first kappa shape index (κ1) is 11.8. The van der Waals surface area contributed by atoms with E-state index in [0.717, 1.165) is 10.0 Å². The van der Waals surface area contributed by atoms with Crippen molar-refractivity contribution in [2.45, 2.75) is 0 Å². The Balaban J connectivity index is 2.26. The van der Waals surface area contributed by atoms with Gasteiger partial charge in [0.25, 0.3) is 0 Å². The molecule has 0 saturated heterocycles. The van der Waals surface area contributed by atoms with Crippen LogP contribution in [0.3, 0.4) is 0 Å². The van der Waals surface area contributed by atoms with E-state index < -0.39 is 4.92 Å². The highest BCUT2D eigenvalue weighted by Crippen LogP contribution is 2.27. The lowest BCUT2D eigenvalue weighted by Crippen LogP contribution is -1.93. The number of nitrogens with zero attached hydrogens (tertiary/aromatic N) is 4. The number of hydrogen-bond acceptors (Lipinski definition) is 4. The molecule has 6 nitrogen and oxygen atoms in total. The van der Waals surface area contributed by atoms with Gasteiger partial charge in [0.15, 0.2) is 5.82 Å². The van der Waals surface area contributed by atoms with Crippen LogP contribution in [0.2, 0.25) is 0 Å². The Hall–Kier alpha value is -2.28. The summed E-state index contributed by atoms with van der Waals surface area (Å²) in [7, 11) is 0. The number of aromatic nitrogens is 3. The third-order valence-electron chi connectivity index (χ3n) is 2.65. The van der Waals surface area contributed by atoms with Crippen LogP contribution in [-0.2, 0) is 0 Å². The fourth-order valence-corrected chi connectivity index (χ4v) is 2.25. The Labute approximate surface area is 116 Å². The van der Waals surface area contributed by atoms with E-state index in [1.165, 1.54) is 10.6 Å². The van der Waals surface area contributed by atoms with Crippen molar-refractivity contribution in [2.75, 3.05) is 0 Å². The molecule has 3 rings (SSSR count). The number of benzene rings is 1. The average molecular weight is 319 g/mol. The zero-order chi connectivity index (χ0) is 13.4. The molecule has 0 unspecified atom stereocenters. The molecule has 0 bridgehead atoms. The number of hydrogen-bond donors (Lipinski definition) is 0. The highest BCUT2D eigenvalue weighted by Gasteiger charge is 2.17. The molecule has 2 aromatic heterocycles. The average Bonchev–Trinajstić information content (AvgIpc) is 2.82. The molecular formula is C12H7BrN4O2. The van der Waals surface area contributed by atoms with Gasteiger partial charge in [0.1, 0.15) is 0 Å². The van der Waals surface area contributed by atoms with Gasteiger partial charge in [-0.25, -0.2) is 9.50 Å². The van der Waals surface area contributed by atoms with Crippen molar-refractivity contribution >= 4 is 27.3 Å². The summed E-state index contributed by atoms with van der Waals surface area (Å²) in [6.45, 7) is 0. The number of halogens is 1. The molecule has 1 aromatic carbocycles. The summed E-state index contributed by atoms with van der Waals surface area (Å²) in [6.07, 6.45) is 1.63. The van der Waals surface area contributed by atoms with Crippen molar-refractivity contribution in [2.24, 2.45) is 0 Å². The van der Waals surface area contributed by atoms with Crippen molar-refractivity contribution in [3.63, 3.8) is 0 Å². The molecule has 0 atom stereocenters. The van der Waals surface area contributed by atoms with Crippen LogP contribution in [0.5, 0.6) is 0 Å². The minimum absolute atomic E-state index is 0.0618. The summed E-state index contributed by atoms with van der Waals surface area (Å²) in [5.41, 5.74) is 0.965. The Morgan fingerprint density at radius 2 is 2.00 bits per heavy atom. The summed E-state index contributed by atoms with van der Waals surface area (Å²) in [6, 6.07) is 10.4. The normalized spacial score (nSPS) is 10.8. The molecule has 94 valence electrons. The lowest BCUT2D eigenvalue weighted by molar-refractivity contribution is -0.383. The van der Waals surface area contributed by atoms with E-state index in [1.807, 2.05) is 24.3 Å². The Morgan fingerprint density at radius 1 is 1.21 bits per heavy atom. The quantitative estimate of drug-likeness (QED) is 0.537. The second kappa shape index (κ2) is 4.43. The smallest absolute Gasteiger partial charge is 0.258 e. The van der Waals surface area contributed by atoms with Crippen LogP contribution in [0.1, 0.15) is 0 Å². The summed E-state index contributed by atoms with van der Waals surface area (Å²) >= 11 is 3.41. The molecule has 0 aliphatic rings. The first-order chi connectivity index (χ1) is 9.16. The topological polar surface area (TPSA) is 73.3 Å². The molecule has 0 saturated carbocycles. The van der Waals surface area contributed by atoms with E-state index in [9.17, 15) is 10.1 Å². The number of rotatable bonds is 2. The minimum atomic E-state index is -0.464. The molecule has 0 aliphatic carbocycles. The molecular weight excluding hydrogens is 312 g/mol. The Morgan fingerprint density at radius 3 is 2.74 bits per heavy atom. The van der Waals surface area contributed by atoms with Gasteiger partial charge in [-0.05, 0) is 18.2 Å². The summed E-state index contributed by atoms with van der Waals surface area (Å²) in [4.78, 5) is 14.7. The van der Waals surface area contributed by atoms with Crippen LogP contribution in [0, 0.1) is 10.1 Å². The van der Waals surface area contributed by atoms with E-state index in [-0.39, 0.29) is 11.3 Å². The molecule has 0 aliphatic heterocycles. The van der Waals surface area contributed by atoms with E-state index in [2.05, 4.69) is 26.0 Å². The molecule has 0 N–H and O–H groups in total. The highest BCUT2D eigenvalue weighted by atomic mass is 79.9. The number of pyridine rings is 1. The van der Waals surface area contributed by atoms with E-state index in [0.29, 0.717) is 5.82 Å². The van der Waals surface area contributed by atoms with Gasteiger partial charge < -0.3 is 0 Å². The molecule has 3 aromatic rings. The van der Waals surface area contributed by atoms with Crippen LogP contribution in [0.4, 0.5) is 5.69 Å². The van der Waals surface area contributed by atoms with E-state index in [1.54, 1.807) is 12.3 Å². The van der Waals surface area contributed by atoms with Crippen LogP contribution >= 0.6 is 15.9 Å². The first-order valence-corrected chi connectivity index (χ1v) is 6.21. The fraction of sp³-hybridized carbons (Fsp3) is 0. The van der Waals surface area contributed by atoms with Gasteiger partial charge >= 0.3 is 5.69 Å². The number of nitro groups is 1. The third-order valence-corrected chi connectivity index (χ3v) is 3.34. The molecule has 0 spiro atoms. The first-order valence-electron chi connectivity index (χ1n) is 5.41. The zero-order valence-corrected chi connectivity index (χ0v) is 11.1. The maximum atomic E-state index is 10.9. The van der Waals surface area contributed by atoms with Crippen molar-refractivity contribution in [3.05, 3.63) is 57.2 Å². The van der Waals surface area contributed by atoms with Crippen LogP contribution in [-0.4, -0.2) is 19.5 Å². The second-order valence-corrected chi connectivity index (χ2v) is 4.69. The molecule has 7 heteroatoms. The van der Waals surface area contributed by atoms with Gasteiger partial charge in [0, 0.05) is 22.3 Å². The molecule has 0 amide bonds. The van der Waals surface area contributed by atoms with Crippen LogP contribution < -0.4 is 0 Å². The Bertz CT molecular complexity index is 784. The van der Waals surface area contributed by atoms with Gasteiger partial charge in [0.2, 0.25) is 5.65 Å². The maximum Gasteiger partial charge on any atom is 0.313 e. The predicted molar refractivity (Wildman–Crippen MR) is 72.8 cm³/mol. The van der Waals surface area contributed by atoms with Crippen molar-refractivity contribution in [1.29, 1.82) is 0 Å². The minimum Gasteiger partial charge on any atom is -0.258 e. The summed E-state index contributed by atoms with van der Waals surface area (Å²) < 4.78 is 2.25. The van der Waals surface area contributed by atoms with E-state index in [4.69, 9.17) is 0 Å². The molecule has 0 fully saturated rings. The van der Waals surface area contributed by atoms with Gasteiger partial charge in [-0.3, -0.25) is 10.1 Å². The maximum absolute atomic E-state index is 10.9. The summed E-state index contributed by atoms with van der Waals surface area (Å²) in [5.74, 6) is 0.446. The van der Waals surface area contributed by atoms with Gasteiger partial charge in [-0.1, -0.05) is 28.1 Å². The predicted octanol–water partition coefficient (Wildman–Crippen LogP) is 3.07. The standard InChI is InChI=1S/C12H7BrN4O2/c13-9-5-2-1-4-8(9)11-14-12-10(17(18)19)6-3-7-16(12)15-11/h1-7H. The second-order valence-electron chi connectivity index (χ2n) is 3.83. The SMILES string of the molecule is O=[N+]([O-])c1cccn2nc(-c3ccccc3Br)nc12. The third kappa shape index (κ3) is 1.97. The summed E-state index contributed by atoms with van der Waals surface area (Å²) in [5, 5.41) is 15.2. The number of fused-ring (bicyclic) bond motifs is 1. The molecule has 2 heterocycles. The van der Waals surface area contributed by atoms with Crippen molar-refractivity contribution in [1.82, 2.24) is 14.6 Å². The Kier molecular flexibility index (Phi) is 2.75. The van der Waals surface area contributed by atoms with Crippen molar-refractivity contribution < 1.29 is 4.92 Å². The van der Waals surface area contributed by atoms with Gasteiger partial charge in [0.05, 0.1) is 4.92 Å². The van der Waals surface area contributed by atoms with Crippen LogP contribution in [0.15, 0.2) is 47.1 Å². The fourth-order valence-electron chi connectivity index (χ4n) is 1.79. The molecule has 0 radical (unpaired) electrons. The zero-order valence-electron chi connectivity index (χ0n) is 9.52. The molecule has 19 heavy (non-hydrogen) atoms. The largest absolute Gasteiger partial charge is 0.313 e.